The van der Waals surface area contributed by atoms with Gasteiger partial charge in [-0.2, -0.15) is 4.31 Å². The number of carboxylic acid groups (broad SMARTS) is 1. The zero-order valence-corrected chi connectivity index (χ0v) is 11.5. The molecule has 0 radical (unpaired) electrons. The molecule has 1 fully saturated rings. The molecule has 1 aliphatic rings. The maximum Gasteiger partial charge on any atom is 0.307 e. The van der Waals surface area contributed by atoms with Gasteiger partial charge in [0.1, 0.15) is 5.76 Å². The van der Waals surface area contributed by atoms with Crippen molar-refractivity contribution in [3.8, 4) is 0 Å². The van der Waals surface area contributed by atoms with E-state index < -0.39 is 27.2 Å². The van der Waals surface area contributed by atoms with Crippen molar-refractivity contribution in [1.82, 2.24) is 4.31 Å². The van der Waals surface area contributed by atoms with Crippen LogP contribution in [0.25, 0.3) is 0 Å². The summed E-state index contributed by atoms with van der Waals surface area (Å²) in [4.78, 5) is 11.1. The van der Waals surface area contributed by atoms with Gasteiger partial charge in [0, 0.05) is 7.05 Å². The first-order valence-corrected chi connectivity index (χ1v) is 7.63. The predicted octanol–water partition coefficient (Wildman–Crippen LogP) is 1.29. The monoisotopic (exact) mass is 287 g/mol. The van der Waals surface area contributed by atoms with Crippen molar-refractivity contribution in [1.29, 1.82) is 0 Å². The lowest BCUT2D eigenvalue weighted by Crippen LogP contribution is -2.39. The van der Waals surface area contributed by atoms with Crippen LogP contribution >= 0.6 is 0 Å². The van der Waals surface area contributed by atoms with Crippen molar-refractivity contribution in [3.05, 3.63) is 24.2 Å². The average molecular weight is 287 g/mol. The van der Waals surface area contributed by atoms with Crippen LogP contribution in [0.5, 0.6) is 0 Å². The van der Waals surface area contributed by atoms with Crippen molar-refractivity contribution in [2.45, 2.75) is 31.1 Å². The van der Waals surface area contributed by atoms with E-state index in [-0.39, 0.29) is 6.54 Å². The molecular weight excluding hydrogens is 270 g/mol. The second-order valence-corrected chi connectivity index (χ2v) is 7.05. The quantitative estimate of drug-likeness (QED) is 0.881. The van der Waals surface area contributed by atoms with Crippen molar-refractivity contribution in [3.63, 3.8) is 0 Å². The predicted molar refractivity (Wildman–Crippen MR) is 67.9 cm³/mol. The van der Waals surface area contributed by atoms with E-state index in [0.717, 1.165) is 0 Å². The van der Waals surface area contributed by atoms with Crippen LogP contribution in [-0.2, 0) is 21.4 Å². The van der Waals surface area contributed by atoms with Gasteiger partial charge in [-0.05, 0) is 25.0 Å². The molecule has 1 aliphatic carbocycles. The molecule has 1 heterocycles. The van der Waals surface area contributed by atoms with E-state index in [9.17, 15) is 13.2 Å². The van der Waals surface area contributed by atoms with Gasteiger partial charge < -0.3 is 9.52 Å². The van der Waals surface area contributed by atoms with Gasteiger partial charge in [0.2, 0.25) is 10.0 Å². The first kappa shape index (κ1) is 14.1. The fraction of sp³-hybridized carbons (Fsp3) is 0.583. The molecule has 1 saturated carbocycles. The highest BCUT2D eigenvalue weighted by Gasteiger charge is 2.43. The van der Waals surface area contributed by atoms with Crippen LogP contribution in [0.3, 0.4) is 0 Å². The van der Waals surface area contributed by atoms with Crippen molar-refractivity contribution < 1.29 is 22.7 Å². The number of nitrogens with zero attached hydrogens (tertiary/aromatic N) is 1. The van der Waals surface area contributed by atoms with E-state index in [1.807, 2.05) is 0 Å². The van der Waals surface area contributed by atoms with Crippen LogP contribution in [0.1, 0.15) is 25.0 Å². The molecule has 0 aliphatic heterocycles. The van der Waals surface area contributed by atoms with Gasteiger partial charge in [0.15, 0.2) is 0 Å². The topological polar surface area (TPSA) is 87.8 Å². The Kier molecular flexibility index (Phi) is 3.96. The van der Waals surface area contributed by atoms with Crippen LogP contribution < -0.4 is 0 Å². The Bertz CT molecular complexity index is 536. The van der Waals surface area contributed by atoms with E-state index in [1.54, 1.807) is 12.1 Å². The second kappa shape index (κ2) is 5.34. The lowest BCUT2D eigenvalue weighted by molar-refractivity contribution is -0.141. The lowest BCUT2D eigenvalue weighted by atomic mass is 10.1. The molecule has 1 N–H and O–H groups in total. The summed E-state index contributed by atoms with van der Waals surface area (Å²) in [5.74, 6) is -1.29. The number of carbonyl (C=O) groups is 1. The first-order chi connectivity index (χ1) is 8.93. The van der Waals surface area contributed by atoms with Gasteiger partial charge in [-0.25, -0.2) is 8.42 Å². The van der Waals surface area contributed by atoms with E-state index in [0.29, 0.717) is 25.0 Å². The Morgan fingerprint density at radius 3 is 2.84 bits per heavy atom. The van der Waals surface area contributed by atoms with Crippen molar-refractivity contribution in [2.75, 3.05) is 7.05 Å². The summed E-state index contributed by atoms with van der Waals surface area (Å²) in [6.07, 6.45) is 2.94. The molecule has 2 unspecified atom stereocenters. The van der Waals surface area contributed by atoms with Gasteiger partial charge in [0.05, 0.1) is 24.0 Å². The second-order valence-electron chi connectivity index (χ2n) is 4.79. The molecule has 0 saturated heterocycles. The molecule has 106 valence electrons. The van der Waals surface area contributed by atoms with E-state index in [4.69, 9.17) is 9.52 Å². The van der Waals surface area contributed by atoms with Crippen molar-refractivity contribution in [2.24, 2.45) is 5.92 Å². The maximum absolute atomic E-state index is 12.4. The molecule has 2 rings (SSSR count). The molecule has 1 aromatic rings. The summed E-state index contributed by atoms with van der Waals surface area (Å²) >= 11 is 0. The Balaban J connectivity index is 2.15. The van der Waals surface area contributed by atoms with E-state index in [1.165, 1.54) is 17.6 Å². The minimum atomic E-state index is -3.62. The largest absolute Gasteiger partial charge is 0.481 e. The standard InChI is InChI=1S/C12H17NO5S/c1-13(8-9-4-3-7-18-9)19(16,17)11-6-2-5-10(11)12(14)15/h3-4,7,10-11H,2,5-6,8H2,1H3,(H,14,15). The number of furan rings is 1. The third-order valence-corrected chi connectivity index (χ3v) is 5.87. The molecule has 0 amide bonds. The number of rotatable bonds is 5. The minimum Gasteiger partial charge on any atom is -0.481 e. The summed E-state index contributed by atoms with van der Waals surface area (Å²) in [6.45, 7) is 0.123. The van der Waals surface area contributed by atoms with Crippen LogP contribution in [0.2, 0.25) is 0 Å². The lowest BCUT2D eigenvalue weighted by Gasteiger charge is -2.23. The molecule has 6 nitrogen and oxygen atoms in total. The molecular formula is C12H17NO5S. The fourth-order valence-electron chi connectivity index (χ4n) is 2.51. The zero-order chi connectivity index (χ0) is 14.0. The Hall–Kier alpha value is -1.34. The van der Waals surface area contributed by atoms with Crippen LogP contribution in [0.4, 0.5) is 0 Å². The molecule has 0 bridgehead atoms. The normalized spacial score (nSPS) is 23.9. The number of carboxylic acids is 1. The minimum absolute atomic E-state index is 0.123. The Labute approximate surface area is 112 Å². The third-order valence-electron chi connectivity index (χ3n) is 3.55. The maximum atomic E-state index is 12.4. The van der Waals surface area contributed by atoms with E-state index >= 15 is 0 Å². The van der Waals surface area contributed by atoms with Gasteiger partial charge in [-0.1, -0.05) is 6.42 Å². The fourth-order valence-corrected chi connectivity index (χ4v) is 4.41. The summed E-state index contributed by atoms with van der Waals surface area (Å²) in [7, 11) is -2.16. The Morgan fingerprint density at radius 1 is 1.53 bits per heavy atom. The highest BCUT2D eigenvalue weighted by molar-refractivity contribution is 7.89. The molecule has 0 aromatic carbocycles. The Morgan fingerprint density at radius 2 is 2.26 bits per heavy atom. The highest BCUT2D eigenvalue weighted by atomic mass is 32.2. The van der Waals surface area contributed by atoms with Crippen molar-refractivity contribution >= 4 is 16.0 Å². The molecule has 2 atom stereocenters. The van der Waals surface area contributed by atoms with Crippen LogP contribution in [0, 0.1) is 5.92 Å². The van der Waals surface area contributed by atoms with Gasteiger partial charge in [-0.3, -0.25) is 4.79 Å². The highest BCUT2D eigenvalue weighted by Crippen LogP contribution is 2.33. The number of hydrogen-bond donors (Lipinski definition) is 1. The average Bonchev–Trinajstić information content (AvgIpc) is 2.98. The molecule has 0 spiro atoms. The zero-order valence-electron chi connectivity index (χ0n) is 10.7. The molecule has 19 heavy (non-hydrogen) atoms. The number of hydrogen-bond acceptors (Lipinski definition) is 4. The molecule has 1 aromatic heterocycles. The molecule has 7 heteroatoms. The van der Waals surface area contributed by atoms with Gasteiger partial charge in [-0.15, -0.1) is 0 Å². The van der Waals surface area contributed by atoms with E-state index in [2.05, 4.69) is 0 Å². The van der Waals surface area contributed by atoms with Gasteiger partial charge in [0.25, 0.3) is 0 Å². The number of aliphatic carboxylic acids is 1. The van der Waals surface area contributed by atoms with Gasteiger partial charge >= 0.3 is 5.97 Å². The number of sulfonamides is 1. The van der Waals surface area contributed by atoms with Crippen LogP contribution in [-0.4, -0.2) is 36.1 Å². The summed E-state index contributed by atoms with van der Waals surface area (Å²) in [6, 6.07) is 3.38. The summed E-state index contributed by atoms with van der Waals surface area (Å²) in [5, 5.41) is 8.26. The third kappa shape index (κ3) is 2.82. The SMILES string of the molecule is CN(Cc1ccco1)S(=O)(=O)C1CCCC1C(=O)O. The smallest absolute Gasteiger partial charge is 0.307 e. The first-order valence-electron chi connectivity index (χ1n) is 6.13. The summed E-state index contributed by atoms with van der Waals surface area (Å²) < 4.78 is 31.1. The summed E-state index contributed by atoms with van der Waals surface area (Å²) in [5.41, 5.74) is 0. The van der Waals surface area contributed by atoms with Crippen LogP contribution in [0.15, 0.2) is 22.8 Å².